The van der Waals surface area contributed by atoms with E-state index in [2.05, 4.69) is 41.4 Å². The highest BCUT2D eigenvalue weighted by Gasteiger charge is 2.38. The normalized spacial score (nSPS) is 17.5. The van der Waals surface area contributed by atoms with E-state index in [0.717, 1.165) is 42.1 Å². The monoisotopic (exact) mass is 702 g/mol. The summed E-state index contributed by atoms with van der Waals surface area (Å²) in [6.45, 7) is 1.43. The third-order valence-electron chi connectivity index (χ3n) is 8.33. The molecule has 5 N–H and O–H groups in total. The molecule has 258 valence electrons. The molecule has 2 aromatic carbocycles. The Morgan fingerprint density at radius 1 is 0.796 bits per heavy atom. The fourth-order valence-corrected chi connectivity index (χ4v) is 5.63. The Labute approximate surface area is 282 Å². The number of carbonyl (C=O) groups excluding carboxylic acids is 2. The van der Waals surface area contributed by atoms with E-state index in [9.17, 15) is 31.5 Å². The molecule has 0 bridgehead atoms. The van der Waals surface area contributed by atoms with Crippen molar-refractivity contribution in [1.82, 2.24) is 30.8 Å². The average Bonchev–Trinajstić information content (AvgIpc) is 3.81. The van der Waals surface area contributed by atoms with Crippen LogP contribution < -0.4 is 21.3 Å². The minimum absolute atomic E-state index is 0.0969. The van der Waals surface area contributed by atoms with Gasteiger partial charge in [0.05, 0.1) is 16.3 Å². The number of aromatic nitrogens is 4. The summed E-state index contributed by atoms with van der Waals surface area (Å²) in [5.74, 6) is -1.88. The second-order valence-corrected chi connectivity index (χ2v) is 12.9. The maximum Gasteiger partial charge on any atom is 0.451 e. The number of anilines is 2. The molecule has 2 amide bonds. The van der Waals surface area contributed by atoms with Crippen LogP contribution >= 0.6 is 11.6 Å². The molecule has 0 atom stereocenters. The summed E-state index contributed by atoms with van der Waals surface area (Å²) < 4.78 is 65.3. The highest BCUT2D eigenvalue weighted by Crippen LogP contribution is 2.43. The van der Waals surface area contributed by atoms with Crippen molar-refractivity contribution in [2.24, 2.45) is 0 Å². The molecule has 4 heterocycles. The summed E-state index contributed by atoms with van der Waals surface area (Å²) in [5, 5.41) is 18.4. The Hall–Kier alpha value is -4.47. The minimum Gasteiger partial charge on any atom is -0.322 e. The van der Waals surface area contributed by atoms with Crippen LogP contribution in [-0.4, -0.2) is 69.5 Å². The summed E-state index contributed by atoms with van der Waals surface area (Å²) in [6.07, 6.45) is -0.211. The number of amides is 2. The lowest BCUT2D eigenvalue weighted by molar-refractivity contribution is -0.145. The van der Waals surface area contributed by atoms with E-state index in [4.69, 9.17) is 11.6 Å². The van der Waals surface area contributed by atoms with Crippen LogP contribution in [0.2, 0.25) is 5.02 Å². The topological polar surface area (TPSA) is 137 Å². The Morgan fingerprint density at radius 3 is 1.67 bits per heavy atom. The zero-order valence-corrected chi connectivity index (χ0v) is 26.7. The third-order valence-corrected chi connectivity index (χ3v) is 8.72. The third kappa shape index (κ3) is 8.58. The summed E-state index contributed by atoms with van der Waals surface area (Å²) >= 11 is 6.24. The first kappa shape index (κ1) is 34.4. The van der Waals surface area contributed by atoms with Gasteiger partial charge < -0.3 is 21.3 Å². The summed E-state index contributed by atoms with van der Waals surface area (Å²) in [7, 11) is 0. The first-order valence-electron chi connectivity index (χ1n) is 15.5. The van der Waals surface area contributed by atoms with Crippen molar-refractivity contribution < 1.29 is 31.5 Å². The van der Waals surface area contributed by atoms with E-state index in [1.165, 1.54) is 0 Å². The van der Waals surface area contributed by atoms with Crippen molar-refractivity contribution in [3.63, 3.8) is 0 Å². The quantitative estimate of drug-likeness (QED) is 0.142. The second-order valence-electron chi connectivity index (χ2n) is 12.5. The predicted octanol–water partition coefficient (Wildman–Crippen LogP) is 5.65. The molecule has 0 radical (unpaired) electrons. The predicted molar refractivity (Wildman–Crippen MR) is 172 cm³/mol. The lowest BCUT2D eigenvalue weighted by Gasteiger charge is -2.35. The number of benzene rings is 2. The molecule has 2 aromatic heterocycles. The molecule has 2 saturated heterocycles. The van der Waals surface area contributed by atoms with Gasteiger partial charge in [0.2, 0.25) is 5.82 Å². The van der Waals surface area contributed by atoms with Crippen molar-refractivity contribution >= 4 is 34.8 Å². The van der Waals surface area contributed by atoms with Crippen LogP contribution in [0.5, 0.6) is 0 Å². The molecule has 1 saturated carbocycles. The maximum atomic E-state index is 14.1. The molecule has 3 aliphatic rings. The van der Waals surface area contributed by atoms with Crippen LogP contribution in [0.1, 0.15) is 62.3 Å². The molecule has 10 nitrogen and oxygen atoms in total. The number of hydrogen-bond donors (Lipinski definition) is 5. The molecule has 49 heavy (non-hydrogen) atoms. The highest BCUT2D eigenvalue weighted by molar-refractivity contribution is 6.34. The SMILES string of the molecule is O=C(Nc1ccc(CC2(F)CNC2)cc1)c1cnc(C(F)(F)F)nc1.O=C(Nc1ccc(CC2(F)CNC2)cc1)c1n[nH]c(C2CC2)c1Cl. The smallest absolute Gasteiger partial charge is 0.322 e. The zero-order valence-electron chi connectivity index (χ0n) is 25.9. The number of hydrogen-bond acceptors (Lipinski definition) is 7. The van der Waals surface area contributed by atoms with E-state index >= 15 is 0 Å². The zero-order chi connectivity index (χ0) is 34.8. The van der Waals surface area contributed by atoms with Crippen molar-refractivity contribution in [2.45, 2.75) is 49.1 Å². The maximum absolute atomic E-state index is 14.1. The molecule has 3 fully saturated rings. The molecule has 4 aromatic rings. The summed E-state index contributed by atoms with van der Waals surface area (Å²) in [4.78, 5) is 30.6. The summed E-state index contributed by atoms with van der Waals surface area (Å²) in [5.41, 5.74) is 1.36. The van der Waals surface area contributed by atoms with E-state index in [-0.39, 0.29) is 23.6 Å². The fourth-order valence-electron chi connectivity index (χ4n) is 5.31. The van der Waals surface area contributed by atoms with Crippen molar-refractivity contribution in [2.75, 3.05) is 36.8 Å². The lowest BCUT2D eigenvalue weighted by atomic mass is 9.91. The van der Waals surface area contributed by atoms with Gasteiger partial charge in [0.15, 0.2) is 5.69 Å². The van der Waals surface area contributed by atoms with Gasteiger partial charge in [-0.15, -0.1) is 0 Å². The Morgan fingerprint density at radius 2 is 1.27 bits per heavy atom. The van der Waals surface area contributed by atoms with Crippen LogP contribution in [0.3, 0.4) is 0 Å². The number of aromatic amines is 1. The largest absolute Gasteiger partial charge is 0.451 e. The van der Waals surface area contributed by atoms with E-state index in [1.807, 2.05) is 12.1 Å². The average molecular weight is 703 g/mol. The van der Waals surface area contributed by atoms with Crippen molar-refractivity contribution in [3.8, 4) is 0 Å². The second kappa shape index (κ2) is 13.8. The number of carbonyl (C=O) groups is 2. The molecule has 0 unspecified atom stereocenters. The van der Waals surface area contributed by atoms with Gasteiger partial charge in [-0.3, -0.25) is 14.7 Å². The van der Waals surface area contributed by atoms with Crippen molar-refractivity contribution in [3.05, 3.63) is 99.8 Å². The Bertz CT molecular complexity index is 1790. The first-order chi connectivity index (χ1) is 23.3. The number of rotatable bonds is 9. The van der Waals surface area contributed by atoms with Crippen LogP contribution in [0.25, 0.3) is 0 Å². The molecule has 7 rings (SSSR count). The van der Waals surface area contributed by atoms with Crippen LogP contribution in [0.4, 0.5) is 33.3 Å². The molecule has 2 aliphatic heterocycles. The molecular formula is C33H32ClF5N8O2. The number of H-pyrrole nitrogens is 1. The van der Waals surface area contributed by atoms with Crippen LogP contribution in [0.15, 0.2) is 60.9 Å². The van der Waals surface area contributed by atoms with Gasteiger partial charge >= 0.3 is 6.18 Å². The van der Waals surface area contributed by atoms with Gasteiger partial charge in [-0.05, 0) is 48.2 Å². The van der Waals surface area contributed by atoms with Gasteiger partial charge in [0.25, 0.3) is 11.8 Å². The molecule has 1 aliphatic carbocycles. The van der Waals surface area contributed by atoms with Gasteiger partial charge in [-0.2, -0.15) is 18.3 Å². The molecular weight excluding hydrogens is 671 g/mol. The lowest BCUT2D eigenvalue weighted by Crippen LogP contribution is -2.57. The fraction of sp³-hybridized carbons (Fsp3) is 0.364. The Balaban J connectivity index is 0.000000170. The van der Waals surface area contributed by atoms with Crippen LogP contribution in [0, 0.1) is 0 Å². The minimum atomic E-state index is -4.66. The highest BCUT2D eigenvalue weighted by atomic mass is 35.5. The van der Waals surface area contributed by atoms with E-state index in [0.29, 0.717) is 54.9 Å². The molecule has 0 spiro atoms. The number of alkyl halides is 5. The van der Waals surface area contributed by atoms with E-state index in [1.54, 1.807) is 36.4 Å². The van der Waals surface area contributed by atoms with Gasteiger partial charge in [0.1, 0.15) is 11.3 Å². The number of halogens is 6. The van der Waals surface area contributed by atoms with E-state index < -0.39 is 29.2 Å². The molecule has 16 heteroatoms. The van der Waals surface area contributed by atoms with Gasteiger partial charge in [-0.25, -0.2) is 18.7 Å². The van der Waals surface area contributed by atoms with Gasteiger partial charge in [0, 0.05) is 68.7 Å². The first-order valence-corrected chi connectivity index (χ1v) is 15.9. The standard InChI is InChI=1S/C17H18ClFN4O.C16H14F4N4O/c18-13-14(11-3-4-11)22-23-15(13)16(24)21-12-5-1-10(2-6-12)7-17(19)8-20-9-17;17-15(8-21-9-15)5-10-1-3-12(4-2-10)24-13(25)11-6-22-14(23-7-11)16(18,19)20/h1-2,5-6,11,20H,3-4,7-9H2,(H,21,24)(H,22,23);1-4,6-7,21H,5,8-9H2,(H,24,25). The van der Waals surface area contributed by atoms with Gasteiger partial charge in [-0.1, -0.05) is 35.9 Å². The number of nitrogens with one attached hydrogen (secondary N) is 5. The summed E-state index contributed by atoms with van der Waals surface area (Å²) in [6, 6.07) is 13.8. The Kier molecular flexibility index (Phi) is 9.69. The number of nitrogens with zero attached hydrogens (tertiary/aromatic N) is 3. The van der Waals surface area contributed by atoms with Crippen molar-refractivity contribution in [1.29, 1.82) is 0 Å². The van der Waals surface area contributed by atoms with Crippen LogP contribution in [-0.2, 0) is 19.0 Å².